The van der Waals surface area contributed by atoms with Crippen molar-refractivity contribution in [3.63, 3.8) is 0 Å². The summed E-state index contributed by atoms with van der Waals surface area (Å²) in [4.78, 5) is 24.7. The third kappa shape index (κ3) is 3.82. The van der Waals surface area contributed by atoms with Crippen LogP contribution in [0.3, 0.4) is 0 Å². The summed E-state index contributed by atoms with van der Waals surface area (Å²) in [5.41, 5.74) is -1.39. The molecular weight excluding hydrogens is 344 g/mol. The number of likely N-dealkylation sites (tertiary alicyclic amines) is 1. The van der Waals surface area contributed by atoms with Gasteiger partial charge in [-0.3, -0.25) is 4.79 Å². The molecule has 1 heterocycles. The molecule has 3 rings (SSSR count). The molecule has 1 amide bonds. The molecule has 7 heteroatoms. The molecule has 2 aromatic rings. The maximum Gasteiger partial charge on any atom is 0.343 e. The Balaban J connectivity index is 1.67. The molecule has 1 unspecified atom stereocenters. The highest BCUT2D eigenvalue weighted by molar-refractivity contribution is 5.95. The van der Waals surface area contributed by atoms with E-state index in [-0.39, 0.29) is 19.6 Å². The summed E-state index contributed by atoms with van der Waals surface area (Å²) >= 11 is 0. The second-order valence-electron chi connectivity index (χ2n) is 6.19. The number of hydrogen-bond acceptors (Lipinski definition) is 3. The van der Waals surface area contributed by atoms with E-state index in [0.717, 1.165) is 0 Å². The fourth-order valence-corrected chi connectivity index (χ4v) is 2.82. The molecule has 1 saturated heterocycles. The number of alkyl halides is 1. The van der Waals surface area contributed by atoms with Gasteiger partial charge in [0, 0.05) is 24.6 Å². The number of rotatable bonds is 5. The van der Waals surface area contributed by atoms with Gasteiger partial charge in [-0.05, 0) is 29.8 Å². The average Bonchev–Trinajstić information content (AvgIpc) is 3.03. The van der Waals surface area contributed by atoms with Crippen LogP contribution in [-0.2, 0) is 11.4 Å². The SMILES string of the molecule is O=C(c1cccc(COc2cccc(F)c2)c1)N1CCC(F)(C(=O)O)C1. The van der Waals surface area contributed by atoms with Gasteiger partial charge in [0.05, 0.1) is 6.54 Å². The molecular formula is C19H17F2NO4. The number of aliphatic carboxylic acids is 1. The third-order valence-corrected chi connectivity index (χ3v) is 4.27. The van der Waals surface area contributed by atoms with Crippen molar-refractivity contribution in [3.05, 3.63) is 65.5 Å². The molecule has 1 aliphatic rings. The molecule has 0 bridgehead atoms. The second kappa shape index (κ2) is 7.11. The fraction of sp³-hybridized carbons (Fsp3) is 0.263. The first kappa shape index (κ1) is 17.8. The van der Waals surface area contributed by atoms with Crippen LogP contribution in [-0.4, -0.2) is 40.6 Å². The van der Waals surface area contributed by atoms with Crippen molar-refractivity contribution in [1.29, 1.82) is 0 Å². The van der Waals surface area contributed by atoms with Crippen molar-refractivity contribution in [2.75, 3.05) is 13.1 Å². The molecule has 0 spiro atoms. The molecule has 1 aliphatic heterocycles. The number of carboxylic acid groups (broad SMARTS) is 1. The van der Waals surface area contributed by atoms with E-state index in [9.17, 15) is 18.4 Å². The Bertz CT molecular complexity index is 842. The van der Waals surface area contributed by atoms with Crippen LogP contribution in [0.5, 0.6) is 5.75 Å². The van der Waals surface area contributed by atoms with E-state index in [2.05, 4.69) is 0 Å². The fourth-order valence-electron chi connectivity index (χ4n) is 2.82. The first-order chi connectivity index (χ1) is 12.4. The van der Waals surface area contributed by atoms with E-state index in [0.29, 0.717) is 16.9 Å². The molecule has 5 nitrogen and oxygen atoms in total. The zero-order valence-corrected chi connectivity index (χ0v) is 13.8. The first-order valence-electron chi connectivity index (χ1n) is 8.06. The Hall–Kier alpha value is -2.96. The minimum absolute atomic E-state index is 0.0473. The molecule has 2 aromatic carbocycles. The zero-order chi connectivity index (χ0) is 18.7. The number of amides is 1. The predicted molar refractivity (Wildman–Crippen MR) is 89.2 cm³/mol. The summed E-state index contributed by atoms with van der Waals surface area (Å²) in [6.07, 6.45) is -0.226. The smallest absolute Gasteiger partial charge is 0.343 e. The maximum atomic E-state index is 14.1. The monoisotopic (exact) mass is 361 g/mol. The van der Waals surface area contributed by atoms with Gasteiger partial charge in [-0.1, -0.05) is 18.2 Å². The van der Waals surface area contributed by atoms with Crippen molar-refractivity contribution in [1.82, 2.24) is 4.90 Å². The van der Waals surface area contributed by atoms with E-state index in [4.69, 9.17) is 9.84 Å². The van der Waals surface area contributed by atoms with Gasteiger partial charge in [0.2, 0.25) is 5.67 Å². The number of carboxylic acids is 1. The summed E-state index contributed by atoms with van der Waals surface area (Å²) in [6.45, 7) is -0.288. The van der Waals surface area contributed by atoms with E-state index < -0.39 is 29.9 Å². The van der Waals surface area contributed by atoms with Gasteiger partial charge in [-0.15, -0.1) is 0 Å². The van der Waals surface area contributed by atoms with Gasteiger partial charge in [-0.2, -0.15) is 0 Å². The number of nitrogens with zero attached hydrogens (tertiary/aromatic N) is 1. The Morgan fingerprint density at radius 2 is 1.96 bits per heavy atom. The van der Waals surface area contributed by atoms with Gasteiger partial charge in [-0.25, -0.2) is 13.6 Å². The minimum atomic E-state index is -2.40. The molecule has 136 valence electrons. The van der Waals surface area contributed by atoms with Gasteiger partial charge in [0.15, 0.2) is 0 Å². The molecule has 0 aliphatic carbocycles. The predicted octanol–water partition coefficient (Wildman–Crippen LogP) is 3.04. The van der Waals surface area contributed by atoms with Gasteiger partial charge < -0.3 is 14.7 Å². The van der Waals surface area contributed by atoms with Gasteiger partial charge >= 0.3 is 5.97 Å². The summed E-state index contributed by atoms with van der Waals surface area (Å²) < 4.78 is 32.8. The summed E-state index contributed by atoms with van der Waals surface area (Å²) in [5, 5.41) is 8.93. The first-order valence-corrected chi connectivity index (χ1v) is 8.06. The number of carbonyl (C=O) groups excluding carboxylic acids is 1. The number of halogens is 2. The van der Waals surface area contributed by atoms with Gasteiger partial charge in [0.25, 0.3) is 5.91 Å². The molecule has 1 N–H and O–H groups in total. The maximum absolute atomic E-state index is 14.1. The van der Waals surface area contributed by atoms with Crippen molar-refractivity contribution in [3.8, 4) is 5.75 Å². The van der Waals surface area contributed by atoms with Crippen molar-refractivity contribution in [2.45, 2.75) is 18.7 Å². The Labute approximate surface area is 148 Å². The van der Waals surface area contributed by atoms with E-state index in [1.54, 1.807) is 30.3 Å². The van der Waals surface area contributed by atoms with Crippen molar-refractivity contribution in [2.24, 2.45) is 0 Å². The standard InChI is InChI=1S/C19H17F2NO4/c20-15-5-2-6-16(10-15)26-11-13-3-1-4-14(9-13)17(23)22-8-7-19(21,12-22)18(24)25/h1-6,9-10H,7-8,11-12H2,(H,24,25). The van der Waals surface area contributed by atoms with Crippen LogP contribution in [0.4, 0.5) is 8.78 Å². The second-order valence-corrected chi connectivity index (χ2v) is 6.19. The lowest BCUT2D eigenvalue weighted by molar-refractivity contribution is -0.149. The lowest BCUT2D eigenvalue weighted by Gasteiger charge is -2.18. The number of benzene rings is 2. The normalized spacial score (nSPS) is 19.4. The quantitative estimate of drug-likeness (QED) is 0.889. The molecule has 0 aromatic heterocycles. The Morgan fingerprint density at radius 3 is 2.65 bits per heavy atom. The zero-order valence-electron chi connectivity index (χ0n) is 13.8. The van der Waals surface area contributed by atoms with Crippen LogP contribution in [0.15, 0.2) is 48.5 Å². The number of hydrogen-bond donors (Lipinski definition) is 1. The lowest BCUT2D eigenvalue weighted by atomic mass is 10.1. The summed E-state index contributed by atoms with van der Waals surface area (Å²) in [7, 11) is 0. The van der Waals surface area contributed by atoms with Crippen LogP contribution in [0.2, 0.25) is 0 Å². The highest BCUT2D eigenvalue weighted by Gasteiger charge is 2.46. The molecule has 0 saturated carbocycles. The lowest BCUT2D eigenvalue weighted by Crippen LogP contribution is -2.38. The molecule has 1 fully saturated rings. The van der Waals surface area contributed by atoms with Crippen LogP contribution >= 0.6 is 0 Å². The number of carbonyl (C=O) groups is 2. The summed E-state index contributed by atoms with van der Waals surface area (Å²) in [5.74, 6) is -2.03. The molecule has 0 radical (unpaired) electrons. The van der Waals surface area contributed by atoms with E-state index in [1.165, 1.54) is 23.1 Å². The van der Waals surface area contributed by atoms with Crippen LogP contribution in [0.25, 0.3) is 0 Å². The highest BCUT2D eigenvalue weighted by atomic mass is 19.1. The largest absolute Gasteiger partial charge is 0.489 e. The summed E-state index contributed by atoms with van der Waals surface area (Å²) in [6, 6.07) is 12.3. The van der Waals surface area contributed by atoms with Crippen molar-refractivity contribution >= 4 is 11.9 Å². The van der Waals surface area contributed by atoms with Crippen LogP contribution in [0, 0.1) is 5.82 Å². The Morgan fingerprint density at radius 1 is 1.19 bits per heavy atom. The van der Waals surface area contributed by atoms with E-state index >= 15 is 0 Å². The topological polar surface area (TPSA) is 66.8 Å². The van der Waals surface area contributed by atoms with Crippen molar-refractivity contribution < 1.29 is 28.2 Å². The van der Waals surface area contributed by atoms with Crippen LogP contribution in [0.1, 0.15) is 22.3 Å². The average molecular weight is 361 g/mol. The minimum Gasteiger partial charge on any atom is -0.489 e. The third-order valence-electron chi connectivity index (χ3n) is 4.27. The van der Waals surface area contributed by atoms with Crippen LogP contribution < -0.4 is 4.74 Å². The highest BCUT2D eigenvalue weighted by Crippen LogP contribution is 2.27. The Kier molecular flexibility index (Phi) is 4.88. The molecule has 26 heavy (non-hydrogen) atoms. The number of ether oxygens (including phenoxy) is 1. The molecule has 1 atom stereocenters. The van der Waals surface area contributed by atoms with E-state index in [1.807, 2.05) is 0 Å². The van der Waals surface area contributed by atoms with Gasteiger partial charge in [0.1, 0.15) is 18.2 Å².